The molecule has 118 valence electrons. The molecule has 0 spiro atoms. The van der Waals surface area contributed by atoms with Gasteiger partial charge in [-0.05, 0) is 86.9 Å². The van der Waals surface area contributed by atoms with Crippen molar-refractivity contribution in [2.45, 2.75) is 45.4 Å². The van der Waals surface area contributed by atoms with Gasteiger partial charge in [-0.15, -0.1) is 0 Å². The Balaban J connectivity index is 0.000000116. The summed E-state index contributed by atoms with van der Waals surface area (Å²) in [5, 5.41) is 0. The van der Waals surface area contributed by atoms with Crippen molar-refractivity contribution >= 4 is 0 Å². The molecule has 2 saturated carbocycles. The summed E-state index contributed by atoms with van der Waals surface area (Å²) in [6, 6.07) is 0. The average Bonchev–Trinajstić information content (AvgIpc) is 3.32. The first-order chi connectivity index (χ1) is 10.8. The van der Waals surface area contributed by atoms with Crippen LogP contribution in [0.4, 0.5) is 0 Å². The van der Waals surface area contributed by atoms with Crippen LogP contribution in [0, 0.1) is 41.4 Å². The number of allylic oxidation sites excluding steroid dienone is 8. The maximum Gasteiger partial charge on any atom is -0.0165 e. The summed E-state index contributed by atoms with van der Waals surface area (Å²) >= 11 is 0. The molecule has 22 heavy (non-hydrogen) atoms. The summed E-state index contributed by atoms with van der Waals surface area (Å²) < 4.78 is 0. The average molecular weight is 294 g/mol. The van der Waals surface area contributed by atoms with Crippen molar-refractivity contribution < 1.29 is 0 Å². The van der Waals surface area contributed by atoms with Crippen LogP contribution in [-0.4, -0.2) is 0 Å². The highest BCUT2D eigenvalue weighted by molar-refractivity contribution is 5.14. The first kappa shape index (κ1) is 14.5. The molecular formula is C22H30. The van der Waals surface area contributed by atoms with Gasteiger partial charge in [0.05, 0.1) is 0 Å². The Morgan fingerprint density at radius 3 is 1.95 bits per heavy atom. The molecule has 0 saturated heterocycles. The Hall–Kier alpha value is -1.04. The van der Waals surface area contributed by atoms with E-state index in [1.54, 1.807) is 0 Å². The monoisotopic (exact) mass is 294 g/mol. The van der Waals surface area contributed by atoms with E-state index in [9.17, 15) is 0 Å². The van der Waals surface area contributed by atoms with E-state index in [-0.39, 0.29) is 0 Å². The molecule has 0 aromatic heterocycles. The zero-order valence-electron chi connectivity index (χ0n) is 13.9. The van der Waals surface area contributed by atoms with Gasteiger partial charge in [0.15, 0.2) is 0 Å². The molecule has 5 rings (SSSR count). The van der Waals surface area contributed by atoms with E-state index in [1.807, 2.05) is 0 Å². The lowest BCUT2D eigenvalue weighted by Crippen LogP contribution is -2.16. The lowest BCUT2D eigenvalue weighted by Gasteiger charge is -2.24. The van der Waals surface area contributed by atoms with Crippen LogP contribution in [0.15, 0.2) is 48.6 Å². The summed E-state index contributed by atoms with van der Waals surface area (Å²) in [7, 11) is 0. The van der Waals surface area contributed by atoms with E-state index >= 15 is 0 Å². The lowest BCUT2D eigenvalue weighted by molar-refractivity contribution is 0.301. The van der Waals surface area contributed by atoms with E-state index in [1.165, 1.54) is 38.5 Å². The maximum absolute atomic E-state index is 2.48. The van der Waals surface area contributed by atoms with Crippen molar-refractivity contribution in [1.29, 1.82) is 0 Å². The highest BCUT2D eigenvalue weighted by atomic mass is 14.4. The van der Waals surface area contributed by atoms with E-state index < -0.39 is 0 Å². The molecule has 0 radical (unpaired) electrons. The van der Waals surface area contributed by atoms with Crippen LogP contribution in [0.5, 0.6) is 0 Å². The smallest absolute Gasteiger partial charge is 0.0165 e. The molecule has 0 amide bonds. The van der Waals surface area contributed by atoms with Crippen LogP contribution < -0.4 is 0 Å². The maximum atomic E-state index is 2.48. The Kier molecular flexibility index (Phi) is 4.11. The van der Waals surface area contributed by atoms with Gasteiger partial charge in [0.2, 0.25) is 0 Å². The van der Waals surface area contributed by atoms with Gasteiger partial charge in [-0.2, -0.15) is 0 Å². The zero-order chi connectivity index (χ0) is 14.9. The molecule has 0 heterocycles. The Bertz CT molecular complexity index is 498. The SMILES string of the molecule is C1=CCC(C2CC3C=CC2C3)C1.CC=CC1CC2C=CC1C2. The molecule has 6 unspecified atom stereocenters. The molecule has 6 atom stereocenters. The van der Waals surface area contributed by atoms with Crippen LogP contribution in [-0.2, 0) is 0 Å². The first-order valence-electron chi connectivity index (χ1n) is 9.48. The Morgan fingerprint density at radius 2 is 1.45 bits per heavy atom. The van der Waals surface area contributed by atoms with Gasteiger partial charge in [-0.25, -0.2) is 0 Å². The summed E-state index contributed by atoms with van der Waals surface area (Å²) in [5.41, 5.74) is 0. The molecule has 2 fully saturated rings. The van der Waals surface area contributed by atoms with Crippen LogP contribution in [0.1, 0.15) is 45.4 Å². The van der Waals surface area contributed by atoms with E-state index in [0.29, 0.717) is 0 Å². The van der Waals surface area contributed by atoms with Gasteiger partial charge in [0, 0.05) is 0 Å². The van der Waals surface area contributed by atoms with Gasteiger partial charge in [-0.1, -0.05) is 48.6 Å². The van der Waals surface area contributed by atoms with Gasteiger partial charge in [0.25, 0.3) is 0 Å². The van der Waals surface area contributed by atoms with E-state index in [0.717, 1.165) is 41.4 Å². The molecule has 5 aliphatic rings. The van der Waals surface area contributed by atoms with Crippen LogP contribution >= 0.6 is 0 Å². The largest absolute Gasteiger partial charge is 0.0914 e. The third-order valence-electron chi connectivity index (χ3n) is 6.75. The summed E-state index contributed by atoms with van der Waals surface area (Å²) in [4.78, 5) is 0. The fourth-order valence-electron chi connectivity index (χ4n) is 5.64. The van der Waals surface area contributed by atoms with Crippen molar-refractivity contribution in [3.05, 3.63) is 48.6 Å². The quantitative estimate of drug-likeness (QED) is 0.553. The van der Waals surface area contributed by atoms with Crippen LogP contribution in [0.2, 0.25) is 0 Å². The molecular weight excluding hydrogens is 264 g/mol. The predicted octanol–water partition coefficient (Wildman–Crippen LogP) is 5.94. The molecule has 0 N–H and O–H groups in total. The van der Waals surface area contributed by atoms with Gasteiger partial charge < -0.3 is 0 Å². The molecule has 0 nitrogen and oxygen atoms in total. The minimum Gasteiger partial charge on any atom is -0.0914 e. The Morgan fingerprint density at radius 1 is 0.773 bits per heavy atom. The minimum absolute atomic E-state index is 0.875. The van der Waals surface area contributed by atoms with Crippen LogP contribution in [0.25, 0.3) is 0 Å². The zero-order valence-corrected chi connectivity index (χ0v) is 13.9. The highest BCUT2D eigenvalue weighted by Crippen LogP contribution is 2.49. The van der Waals surface area contributed by atoms with Gasteiger partial charge >= 0.3 is 0 Å². The second-order valence-electron chi connectivity index (χ2n) is 8.12. The molecule has 0 heteroatoms. The van der Waals surface area contributed by atoms with Crippen molar-refractivity contribution in [1.82, 2.24) is 0 Å². The predicted molar refractivity (Wildman–Crippen MR) is 94.4 cm³/mol. The number of hydrogen-bond acceptors (Lipinski definition) is 0. The molecule has 0 aromatic carbocycles. The fourth-order valence-corrected chi connectivity index (χ4v) is 5.64. The number of hydrogen-bond donors (Lipinski definition) is 0. The van der Waals surface area contributed by atoms with Crippen molar-refractivity contribution in [2.75, 3.05) is 0 Å². The van der Waals surface area contributed by atoms with Crippen molar-refractivity contribution in [3.8, 4) is 0 Å². The molecule has 0 aliphatic heterocycles. The van der Waals surface area contributed by atoms with Crippen LogP contribution in [0.3, 0.4) is 0 Å². The van der Waals surface area contributed by atoms with Crippen molar-refractivity contribution in [3.63, 3.8) is 0 Å². The third kappa shape index (κ3) is 2.77. The van der Waals surface area contributed by atoms with E-state index in [2.05, 4.69) is 55.5 Å². The summed E-state index contributed by atoms with van der Waals surface area (Å²) in [6.45, 7) is 2.12. The first-order valence-corrected chi connectivity index (χ1v) is 9.48. The number of fused-ring (bicyclic) bond motifs is 4. The third-order valence-corrected chi connectivity index (χ3v) is 6.75. The molecule has 5 aliphatic carbocycles. The standard InChI is InChI=1S/C12H16.C10H14/c1-2-4-10(3-1)12-8-9-5-6-11(12)7-9;1-2-3-9-6-8-4-5-10(9)7-8/h1-2,5-6,9-12H,3-4,7-8H2;2-5,8-10H,6-7H2,1H3. The Labute approximate surface area is 136 Å². The highest BCUT2D eigenvalue weighted by Gasteiger charge is 2.39. The van der Waals surface area contributed by atoms with Crippen molar-refractivity contribution in [2.24, 2.45) is 41.4 Å². The topological polar surface area (TPSA) is 0 Å². The molecule has 0 aromatic rings. The van der Waals surface area contributed by atoms with Gasteiger partial charge in [0.1, 0.15) is 0 Å². The fraction of sp³-hybridized carbons (Fsp3) is 0.636. The second-order valence-corrected chi connectivity index (χ2v) is 8.12. The minimum atomic E-state index is 0.875. The second kappa shape index (κ2) is 6.22. The molecule has 4 bridgehead atoms. The summed E-state index contributed by atoms with van der Waals surface area (Å²) in [5.74, 6) is 6.65. The number of rotatable bonds is 2. The van der Waals surface area contributed by atoms with E-state index in [4.69, 9.17) is 0 Å². The lowest BCUT2D eigenvalue weighted by atomic mass is 9.81. The van der Waals surface area contributed by atoms with Gasteiger partial charge in [-0.3, -0.25) is 0 Å². The summed E-state index contributed by atoms with van der Waals surface area (Å²) in [6.07, 6.45) is 27.6. The normalized spacial score (nSPS) is 44.4.